The van der Waals surface area contributed by atoms with Crippen LogP contribution in [0.5, 0.6) is 0 Å². The van der Waals surface area contributed by atoms with Gasteiger partial charge < -0.3 is 0 Å². The topological polar surface area (TPSA) is 44.0 Å². The molecule has 0 amide bonds. The largest absolute Gasteiger partial charge is 0.292 e. The highest BCUT2D eigenvalue weighted by Gasteiger charge is 2.37. The Balaban J connectivity index is 1.65. The molecule has 0 saturated heterocycles. The van der Waals surface area contributed by atoms with E-state index in [1.165, 1.54) is 0 Å². The maximum atomic E-state index is 14.3. The molecule has 4 nitrogen and oxygen atoms in total. The fraction of sp³-hybridized carbons (Fsp3) is 0. The van der Waals surface area contributed by atoms with E-state index < -0.39 is 10.0 Å². The summed E-state index contributed by atoms with van der Waals surface area (Å²) >= 11 is 0. The van der Waals surface area contributed by atoms with Crippen LogP contribution in [0.3, 0.4) is 0 Å². The second-order valence-corrected chi connectivity index (χ2v) is 11.6. The summed E-state index contributed by atoms with van der Waals surface area (Å²) in [6.45, 7) is 0. The second kappa shape index (κ2) is 8.06. The van der Waals surface area contributed by atoms with Crippen molar-refractivity contribution in [2.75, 3.05) is 0 Å². The van der Waals surface area contributed by atoms with Gasteiger partial charge in [-0.2, -0.15) is 0 Å². The van der Waals surface area contributed by atoms with Crippen molar-refractivity contribution in [3.05, 3.63) is 133 Å². The van der Waals surface area contributed by atoms with Gasteiger partial charge in [0, 0.05) is 16.3 Å². The Hall–Kier alpha value is -4.87. The summed E-state index contributed by atoms with van der Waals surface area (Å²) in [5, 5.41) is 1.85. The summed E-state index contributed by atoms with van der Waals surface area (Å²) in [6, 6.07) is 44.2. The van der Waals surface area contributed by atoms with Gasteiger partial charge in [0.05, 0.1) is 16.9 Å². The third kappa shape index (κ3) is 3.02. The van der Waals surface area contributed by atoms with Gasteiger partial charge in [-0.25, -0.2) is 12.4 Å². The van der Waals surface area contributed by atoms with Gasteiger partial charge >= 0.3 is 0 Å². The molecule has 1 aliphatic heterocycles. The number of hydrogen-bond acceptors (Lipinski definition) is 2. The van der Waals surface area contributed by atoms with Crippen LogP contribution in [-0.2, 0) is 10.0 Å². The van der Waals surface area contributed by atoms with Crippen LogP contribution in [0.1, 0.15) is 0 Å². The summed E-state index contributed by atoms with van der Waals surface area (Å²) in [6.07, 6.45) is 0. The zero-order valence-electron chi connectivity index (χ0n) is 20.8. The van der Waals surface area contributed by atoms with Crippen LogP contribution < -0.4 is 0 Å². The average Bonchev–Trinajstić information content (AvgIpc) is 3.51. The third-order valence-electron chi connectivity index (χ3n) is 7.66. The molecule has 0 atom stereocenters. The number of benzene rings is 5. The Bertz CT molecular complexity index is 2160. The molecular formula is C34H22N2O2S. The molecule has 186 valence electrons. The van der Waals surface area contributed by atoms with Crippen molar-refractivity contribution in [1.29, 1.82) is 0 Å². The van der Waals surface area contributed by atoms with E-state index >= 15 is 0 Å². The molecule has 5 heteroatoms. The average molecular weight is 523 g/mol. The number of aromatic nitrogens is 2. The first kappa shape index (κ1) is 22.1. The van der Waals surface area contributed by atoms with Crippen LogP contribution in [0.2, 0.25) is 0 Å². The highest BCUT2D eigenvalue weighted by molar-refractivity contribution is 7.90. The van der Waals surface area contributed by atoms with Gasteiger partial charge in [-0.05, 0) is 46.5 Å². The molecule has 0 saturated carbocycles. The molecule has 5 aromatic carbocycles. The zero-order valence-corrected chi connectivity index (χ0v) is 21.6. The van der Waals surface area contributed by atoms with Crippen molar-refractivity contribution >= 4 is 32.0 Å². The molecule has 3 heterocycles. The van der Waals surface area contributed by atoms with Crippen LogP contribution in [0.4, 0.5) is 0 Å². The molecule has 0 bridgehead atoms. The molecule has 0 fully saturated rings. The first-order chi connectivity index (χ1) is 19.1. The number of hydrogen-bond donors (Lipinski definition) is 0. The Labute approximate surface area is 226 Å². The van der Waals surface area contributed by atoms with Gasteiger partial charge in [-0.15, -0.1) is 0 Å². The van der Waals surface area contributed by atoms with Crippen LogP contribution >= 0.6 is 0 Å². The number of para-hydroxylation sites is 1. The first-order valence-electron chi connectivity index (χ1n) is 12.9. The van der Waals surface area contributed by atoms with E-state index in [9.17, 15) is 8.42 Å². The third-order valence-corrected chi connectivity index (χ3v) is 9.42. The molecule has 2 aromatic heterocycles. The maximum Gasteiger partial charge on any atom is 0.271 e. The lowest BCUT2D eigenvalue weighted by atomic mass is 9.96. The quantitative estimate of drug-likeness (QED) is 0.235. The van der Waals surface area contributed by atoms with E-state index in [-0.39, 0.29) is 0 Å². The van der Waals surface area contributed by atoms with E-state index in [2.05, 4.69) is 47.0 Å². The number of nitrogens with zero attached hydrogens (tertiary/aromatic N) is 2. The lowest BCUT2D eigenvalue weighted by molar-refractivity contribution is 0.587. The minimum absolute atomic E-state index is 0.302. The monoisotopic (exact) mass is 522 g/mol. The van der Waals surface area contributed by atoms with Gasteiger partial charge in [0.25, 0.3) is 10.0 Å². The van der Waals surface area contributed by atoms with Crippen molar-refractivity contribution in [3.63, 3.8) is 0 Å². The first-order valence-corrected chi connectivity index (χ1v) is 14.3. The van der Waals surface area contributed by atoms with Crippen molar-refractivity contribution < 1.29 is 8.42 Å². The summed E-state index contributed by atoms with van der Waals surface area (Å²) < 4.78 is 32.2. The standard InChI is InChI=1S/C34H22N2O2S/c37-39(38)30-19-11-10-18-29(30)35-33(25-16-8-3-9-17-25)31(24-14-6-2-7-15-24)32-27-22-26(23-12-4-1-5-13-23)20-21-28(27)36(39)34(32)35/h1-22H. The molecule has 0 spiro atoms. The Morgan fingerprint density at radius 2 is 1.13 bits per heavy atom. The van der Waals surface area contributed by atoms with E-state index in [1.807, 2.05) is 78.9 Å². The minimum Gasteiger partial charge on any atom is -0.292 e. The normalized spacial score (nSPS) is 13.5. The van der Waals surface area contributed by atoms with Gasteiger partial charge in [-0.1, -0.05) is 109 Å². The molecule has 1 aliphatic rings. The predicted octanol–water partition coefficient (Wildman–Crippen LogP) is 8.14. The highest BCUT2D eigenvalue weighted by Crippen LogP contribution is 2.50. The predicted molar refractivity (Wildman–Crippen MR) is 158 cm³/mol. The Morgan fingerprint density at radius 1 is 0.538 bits per heavy atom. The molecule has 8 rings (SSSR count). The molecule has 0 unspecified atom stereocenters. The number of rotatable bonds is 3. The Kier molecular flexibility index (Phi) is 4.58. The van der Waals surface area contributed by atoms with E-state index in [4.69, 9.17) is 0 Å². The summed E-state index contributed by atoms with van der Waals surface area (Å²) in [7, 11) is -3.84. The van der Waals surface area contributed by atoms with Crippen LogP contribution in [0.25, 0.3) is 61.1 Å². The summed E-state index contributed by atoms with van der Waals surface area (Å²) in [5.74, 6) is 0. The van der Waals surface area contributed by atoms with Crippen LogP contribution in [0.15, 0.2) is 138 Å². The zero-order chi connectivity index (χ0) is 26.1. The van der Waals surface area contributed by atoms with E-state index in [0.717, 1.165) is 44.3 Å². The summed E-state index contributed by atoms with van der Waals surface area (Å²) in [4.78, 5) is 0.302. The van der Waals surface area contributed by atoms with Crippen molar-refractivity contribution in [3.8, 4) is 39.2 Å². The maximum absolute atomic E-state index is 14.3. The highest BCUT2D eigenvalue weighted by atomic mass is 32.2. The molecule has 0 aliphatic carbocycles. The SMILES string of the molecule is O=S1(=O)c2ccccc2-n2c(-c3ccccc3)c(-c3ccccc3)c3c4cc(-c5ccccc5)ccc4n1c32. The van der Waals surface area contributed by atoms with Gasteiger partial charge in [0.15, 0.2) is 0 Å². The lowest BCUT2D eigenvalue weighted by Gasteiger charge is -2.23. The van der Waals surface area contributed by atoms with E-state index in [1.54, 1.807) is 16.1 Å². The molecule has 7 aromatic rings. The van der Waals surface area contributed by atoms with Crippen LogP contribution in [0, 0.1) is 0 Å². The van der Waals surface area contributed by atoms with Gasteiger partial charge in [0.2, 0.25) is 0 Å². The van der Waals surface area contributed by atoms with Crippen molar-refractivity contribution in [1.82, 2.24) is 8.54 Å². The Morgan fingerprint density at radius 3 is 1.82 bits per heavy atom. The molecule has 0 N–H and O–H groups in total. The van der Waals surface area contributed by atoms with E-state index in [0.29, 0.717) is 21.7 Å². The fourth-order valence-corrected chi connectivity index (χ4v) is 7.73. The molecule has 0 radical (unpaired) electrons. The van der Waals surface area contributed by atoms with Gasteiger partial charge in [0.1, 0.15) is 10.5 Å². The van der Waals surface area contributed by atoms with Gasteiger partial charge in [-0.3, -0.25) is 4.57 Å². The smallest absolute Gasteiger partial charge is 0.271 e. The van der Waals surface area contributed by atoms with Crippen LogP contribution in [-0.4, -0.2) is 17.0 Å². The molecule has 39 heavy (non-hydrogen) atoms. The summed E-state index contributed by atoms with van der Waals surface area (Å²) in [5.41, 5.74) is 8.23. The number of fused-ring (bicyclic) bond motifs is 5. The fourth-order valence-electron chi connectivity index (χ4n) is 6.04. The van der Waals surface area contributed by atoms with Crippen molar-refractivity contribution in [2.24, 2.45) is 0 Å². The lowest BCUT2D eigenvalue weighted by Crippen LogP contribution is -2.21. The second-order valence-electron chi connectivity index (χ2n) is 9.82. The minimum atomic E-state index is -3.84. The van der Waals surface area contributed by atoms with Crippen molar-refractivity contribution in [2.45, 2.75) is 4.90 Å². The molecular weight excluding hydrogens is 500 g/mol.